The van der Waals surface area contributed by atoms with Crippen molar-refractivity contribution in [1.82, 2.24) is 0 Å². The Labute approximate surface area is 241 Å². The molecule has 0 nitrogen and oxygen atoms in total. The lowest BCUT2D eigenvalue weighted by molar-refractivity contribution is 0.0314. The summed E-state index contributed by atoms with van der Waals surface area (Å²) in [7, 11) is 0. The fourth-order valence-electron chi connectivity index (χ4n) is 10.3. The van der Waals surface area contributed by atoms with Gasteiger partial charge in [0.1, 0.15) is 0 Å². The summed E-state index contributed by atoms with van der Waals surface area (Å²) in [5.41, 5.74) is 0. The minimum atomic E-state index is 1.01. The Balaban J connectivity index is 0.000000336. The molecule has 0 radical (unpaired) electrons. The van der Waals surface area contributed by atoms with Crippen LogP contribution in [0.1, 0.15) is 189 Å². The normalized spacial score (nSPS) is 36.1. The zero-order chi connectivity index (χ0) is 27.2. The third kappa shape index (κ3) is 9.82. The highest BCUT2D eigenvalue weighted by Gasteiger charge is 2.47. The van der Waals surface area contributed by atoms with Crippen molar-refractivity contribution in [3.05, 3.63) is 0 Å². The largest absolute Gasteiger partial charge is 0.0654 e. The summed E-state index contributed by atoms with van der Waals surface area (Å²) >= 11 is 0. The first kappa shape index (κ1) is 32.5. The fourth-order valence-corrected chi connectivity index (χ4v) is 10.3. The number of hydrogen-bond donors (Lipinski definition) is 0. The van der Waals surface area contributed by atoms with Gasteiger partial charge < -0.3 is 0 Å². The van der Waals surface area contributed by atoms with Crippen molar-refractivity contribution in [1.29, 1.82) is 0 Å². The van der Waals surface area contributed by atoms with E-state index in [9.17, 15) is 0 Å². The van der Waals surface area contributed by atoms with Gasteiger partial charge in [-0.05, 0) is 78.9 Å². The maximum atomic E-state index is 2.49. The van der Waals surface area contributed by atoms with Gasteiger partial charge in [0, 0.05) is 0 Å². The van der Waals surface area contributed by atoms with E-state index in [1.807, 2.05) is 0 Å². The van der Waals surface area contributed by atoms with Crippen LogP contribution in [-0.2, 0) is 0 Å². The van der Waals surface area contributed by atoms with Gasteiger partial charge >= 0.3 is 0 Å². The van der Waals surface area contributed by atoms with Crippen LogP contribution in [0.2, 0.25) is 0 Å². The van der Waals surface area contributed by atoms with Crippen LogP contribution in [0.4, 0.5) is 0 Å². The van der Waals surface area contributed by atoms with Crippen molar-refractivity contribution in [2.45, 2.75) is 189 Å². The van der Waals surface area contributed by atoms with Gasteiger partial charge in [-0.2, -0.15) is 0 Å². The molecule has 4 saturated carbocycles. The molecule has 0 spiro atoms. The molecular weight excluding hydrogens is 456 g/mol. The third-order valence-corrected chi connectivity index (χ3v) is 12.5. The van der Waals surface area contributed by atoms with Crippen molar-refractivity contribution in [3.8, 4) is 0 Å². The summed E-state index contributed by atoms with van der Waals surface area (Å²) in [6.45, 7) is 12.2. The average Bonchev–Trinajstić information content (AvgIpc) is 3.42. The highest BCUT2D eigenvalue weighted by atomic mass is 14.5. The van der Waals surface area contributed by atoms with E-state index in [-0.39, 0.29) is 0 Å². The van der Waals surface area contributed by atoms with Crippen LogP contribution in [0.3, 0.4) is 0 Å². The predicted molar refractivity (Wildman–Crippen MR) is 171 cm³/mol. The van der Waals surface area contributed by atoms with Crippen LogP contribution >= 0.6 is 0 Å². The van der Waals surface area contributed by atoms with Crippen LogP contribution in [-0.4, -0.2) is 0 Å². The standard InChI is InChI=1S/C28H52.C10H20/c1-5-9-11-14-24-17-18-27(28(24)23-15-12-10-13-16-23)25-19-21(6-2)26(8-4)22(7-3)20-25;1-10-8-6-4-2-3-5-7-9-10/h21-28H,5-20H2,1-4H3;10H,2-9H2,1H3. The highest BCUT2D eigenvalue weighted by molar-refractivity contribution is 4.96. The van der Waals surface area contributed by atoms with Gasteiger partial charge in [-0.3, -0.25) is 0 Å². The molecule has 0 amide bonds. The van der Waals surface area contributed by atoms with Gasteiger partial charge in [-0.1, -0.05) is 163 Å². The summed E-state index contributed by atoms with van der Waals surface area (Å²) in [5.74, 6) is 9.55. The molecule has 5 atom stereocenters. The molecule has 0 aliphatic heterocycles. The van der Waals surface area contributed by atoms with E-state index in [0.717, 1.165) is 53.3 Å². The van der Waals surface area contributed by atoms with Crippen LogP contribution in [0, 0.1) is 53.3 Å². The summed E-state index contributed by atoms with van der Waals surface area (Å²) in [6, 6.07) is 0. The topological polar surface area (TPSA) is 0 Å². The average molecular weight is 529 g/mol. The minimum Gasteiger partial charge on any atom is -0.0654 e. The number of unbranched alkanes of at least 4 members (excludes halogenated alkanes) is 2. The molecule has 4 rings (SSSR count). The maximum Gasteiger partial charge on any atom is -0.0326 e. The van der Waals surface area contributed by atoms with E-state index in [0.29, 0.717) is 0 Å². The van der Waals surface area contributed by atoms with Crippen LogP contribution in [0.5, 0.6) is 0 Å². The molecule has 0 saturated heterocycles. The zero-order valence-corrected chi connectivity index (χ0v) is 27.2. The molecule has 224 valence electrons. The first-order valence-electron chi connectivity index (χ1n) is 18.6. The molecule has 0 heteroatoms. The van der Waals surface area contributed by atoms with Crippen LogP contribution in [0.15, 0.2) is 0 Å². The van der Waals surface area contributed by atoms with E-state index < -0.39 is 0 Å². The Morgan fingerprint density at radius 3 is 1.61 bits per heavy atom. The van der Waals surface area contributed by atoms with Gasteiger partial charge in [0.25, 0.3) is 0 Å². The van der Waals surface area contributed by atoms with E-state index in [1.165, 1.54) is 109 Å². The lowest BCUT2D eigenvalue weighted by atomic mass is 9.59. The van der Waals surface area contributed by atoms with Gasteiger partial charge in [-0.25, -0.2) is 0 Å². The molecule has 4 fully saturated rings. The molecular formula is C38H72. The fraction of sp³-hybridized carbons (Fsp3) is 1.00. The van der Waals surface area contributed by atoms with Crippen LogP contribution < -0.4 is 0 Å². The van der Waals surface area contributed by atoms with E-state index in [4.69, 9.17) is 0 Å². The third-order valence-electron chi connectivity index (χ3n) is 12.5. The summed E-state index contributed by atoms with van der Waals surface area (Å²) in [4.78, 5) is 0. The monoisotopic (exact) mass is 529 g/mol. The summed E-state index contributed by atoms with van der Waals surface area (Å²) in [6.07, 6.45) is 36.2. The molecule has 0 heterocycles. The smallest absolute Gasteiger partial charge is 0.0326 e. The SMILES string of the molecule is CC1CCCCCCCC1.CCCCCC1CCC(C2CC(CC)C(CC)C(CC)C2)C1C1CCCCC1. The number of rotatable bonds is 9. The molecule has 0 bridgehead atoms. The van der Waals surface area contributed by atoms with Crippen molar-refractivity contribution in [3.63, 3.8) is 0 Å². The van der Waals surface area contributed by atoms with Gasteiger partial charge in [0.05, 0.1) is 0 Å². The van der Waals surface area contributed by atoms with Crippen molar-refractivity contribution >= 4 is 0 Å². The Hall–Kier alpha value is 0. The molecule has 4 aliphatic carbocycles. The quantitative estimate of drug-likeness (QED) is 0.261. The minimum absolute atomic E-state index is 1.01. The maximum absolute atomic E-state index is 2.49. The molecule has 0 N–H and O–H groups in total. The van der Waals surface area contributed by atoms with Gasteiger partial charge in [-0.15, -0.1) is 0 Å². The highest BCUT2D eigenvalue weighted by Crippen LogP contribution is 2.56. The molecule has 4 aliphatic rings. The Bertz CT molecular complexity index is 549. The number of hydrogen-bond acceptors (Lipinski definition) is 0. The Kier molecular flexibility index (Phi) is 15.8. The van der Waals surface area contributed by atoms with E-state index in [1.54, 1.807) is 44.9 Å². The first-order chi connectivity index (χ1) is 18.6. The Morgan fingerprint density at radius 1 is 0.500 bits per heavy atom. The molecule has 38 heavy (non-hydrogen) atoms. The molecule has 0 aromatic heterocycles. The second kappa shape index (κ2) is 18.4. The van der Waals surface area contributed by atoms with Crippen molar-refractivity contribution < 1.29 is 0 Å². The lowest BCUT2D eigenvalue weighted by Gasteiger charge is -2.46. The van der Waals surface area contributed by atoms with Crippen molar-refractivity contribution in [2.24, 2.45) is 53.3 Å². The summed E-state index contributed by atoms with van der Waals surface area (Å²) in [5, 5.41) is 0. The van der Waals surface area contributed by atoms with Crippen molar-refractivity contribution in [2.75, 3.05) is 0 Å². The molecule has 0 aromatic rings. The van der Waals surface area contributed by atoms with E-state index in [2.05, 4.69) is 34.6 Å². The predicted octanol–water partition coefficient (Wildman–Crippen LogP) is 13.0. The summed E-state index contributed by atoms with van der Waals surface area (Å²) < 4.78 is 0. The lowest BCUT2D eigenvalue weighted by Crippen LogP contribution is -2.38. The molecule has 5 unspecified atom stereocenters. The Morgan fingerprint density at radius 2 is 1.05 bits per heavy atom. The van der Waals surface area contributed by atoms with Crippen LogP contribution in [0.25, 0.3) is 0 Å². The zero-order valence-electron chi connectivity index (χ0n) is 27.2. The van der Waals surface area contributed by atoms with Gasteiger partial charge in [0.2, 0.25) is 0 Å². The second-order valence-corrected chi connectivity index (χ2v) is 14.9. The second-order valence-electron chi connectivity index (χ2n) is 14.9. The first-order valence-corrected chi connectivity index (χ1v) is 18.6. The molecule has 0 aromatic carbocycles. The van der Waals surface area contributed by atoms with E-state index >= 15 is 0 Å². The van der Waals surface area contributed by atoms with Gasteiger partial charge in [0.15, 0.2) is 0 Å².